The quantitative estimate of drug-likeness (QED) is 0.624. The predicted molar refractivity (Wildman–Crippen MR) is 118 cm³/mol. The predicted octanol–water partition coefficient (Wildman–Crippen LogP) is 5.71. The molecule has 160 valence electrons. The van der Waals surface area contributed by atoms with E-state index in [-0.39, 0.29) is 22.6 Å². The van der Waals surface area contributed by atoms with Gasteiger partial charge in [-0.2, -0.15) is 5.26 Å². The van der Waals surface area contributed by atoms with Crippen LogP contribution in [0.15, 0.2) is 18.2 Å². The highest BCUT2D eigenvalue weighted by Crippen LogP contribution is 2.43. The molecule has 0 radical (unpaired) electrons. The summed E-state index contributed by atoms with van der Waals surface area (Å²) in [6.07, 6.45) is 0.740. The zero-order valence-corrected chi connectivity index (χ0v) is 20.2. The molecule has 0 heterocycles. The third-order valence-electron chi connectivity index (χ3n) is 6.00. The van der Waals surface area contributed by atoms with Gasteiger partial charge in [-0.1, -0.05) is 32.9 Å². The molecule has 1 unspecified atom stereocenters. The summed E-state index contributed by atoms with van der Waals surface area (Å²) < 4.78 is 12.2. The smallest absolute Gasteiger partial charge is 0.408 e. The van der Waals surface area contributed by atoms with Gasteiger partial charge < -0.3 is 14.5 Å². The van der Waals surface area contributed by atoms with Gasteiger partial charge in [-0.15, -0.1) is 0 Å². The summed E-state index contributed by atoms with van der Waals surface area (Å²) in [7, 11) is -1.83. The minimum absolute atomic E-state index is 0.106. The van der Waals surface area contributed by atoms with Gasteiger partial charge in [0.05, 0.1) is 11.6 Å². The number of nitrogens with zero attached hydrogens (tertiary/aromatic N) is 1. The van der Waals surface area contributed by atoms with E-state index in [9.17, 15) is 10.1 Å². The molecule has 2 atom stereocenters. The highest BCUT2D eigenvalue weighted by atomic mass is 28.4. The Bertz CT molecular complexity index is 785. The molecule has 6 heteroatoms. The molecule has 0 aromatic heterocycles. The molecule has 1 aliphatic rings. The van der Waals surface area contributed by atoms with Gasteiger partial charge in [-0.05, 0) is 68.9 Å². The minimum atomic E-state index is -1.83. The van der Waals surface area contributed by atoms with Crippen LogP contribution >= 0.6 is 0 Å². The molecule has 1 aromatic rings. The first-order valence-corrected chi connectivity index (χ1v) is 13.3. The Morgan fingerprint density at radius 3 is 2.45 bits per heavy atom. The van der Waals surface area contributed by atoms with Gasteiger partial charge in [-0.3, -0.25) is 0 Å². The van der Waals surface area contributed by atoms with Crippen LogP contribution in [0.25, 0.3) is 0 Å². The van der Waals surface area contributed by atoms with Crippen LogP contribution in [0.4, 0.5) is 4.79 Å². The van der Waals surface area contributed by atoms with Gasteiger partial charge in [0, 0.05) is 18.1 Å². The zero-order valence-electron chi connectivity index (χ0n) is 19.2. The van der Waals surface area contributed by atoms with Gasteiger partial charge in [0.25, 0.3) is 0 Å². The van der Waals surface area contributed by atoms with Crippen LogP contribution in [-0.2, 0) is 15.6 Å². The normalized spacial score (nSPS) is 19.4. The number of amides is 1. The monoisotopic (exact) mass is 416 g/mol. The van der Waals surface area contributed by atoms with Crippen molar-refractivity contribution < 1.29 is 14.0 Å². The van der Waals surface area contributed by atoms with Crippen molar-refractivity contribution in [3.8, 4) is 6.07 Å². The number of nitrogens with one attached hydrogen (secondary N) is 1. The first-order valence-electron chi connectivity index (χ1n) is 10.4. The Hall–Kier alpha value is -1.84. The number of carbonyl (C=O) groups is 1. The summed E-state index contributed by atoms with van der Waals surface area (Å²) in [5, 5.41) is 12.5. The number of fused-ring (bicyclic) bond motifs is 1. The summed E-state index contributed by atoms with van der Waals surface area (Å²) in [5.41, 5.74) is 2.25. The second-order valence-electron chi connectivity index (χ2n) is 10.5. The summed E-state index contributed by atoms with van der Waals surface area (Å²) in [4.78, 5) is 12.5. The number of rotatable bonds is 5. The van der Waals surface area contributed by atoms with Crippen LogP contribution in [-0.4, -0.2) is 26.6 Å². The van der Waals surface area contributed by atoms with Crippen LogP contribution in [0.2, 0.25) is 18.1 Å². The van der Waals surface area contributed by atoms with Gasteiger partial charge in [0.15, 0.2) is 8.32 Å². The molecular formula is C23H36N2O3Si. The van der Waals surface area contributed by atoms with E-state index in [4.69, 9.17) is 9.16 Å². The molecule has 29 heavy (non-hydrogen) atoms. The summed E-state index contributed by atoms with van der Waals surface area (Å²) >= 11 is 0. The van der Waals surface area contributed by atoms with Crippen LogP contribution in [0, 0.1) is 17.2 Å². The third kappa shape index (κ3) is 5.83. The van der Waals surface area contributed by atoms with E-state index in [1.807, 2.05) is 39.0 Å². The zero-order chi connectivity index (χ0) is 22.0. The lowest BCUT2D eigenvalue weighted by atomic mass is 10.00. The fourth-order valence-electron chi connectivity index (χ4n) is 3.37. The van der Waals surface area contributed by atoms with Crippen molar-refractivity contribution in [1.29, 1.82) is 5.26 Å². The van der Waals surface area contributed by atoms with E-state index in [1.54, 1.807) is 0 Å². The Kier molecular flexibility index (Phi) is 6.86. The van der Waals surface area contributed by atoms with Crippen molar-refractivity contribution in [2.45, 2.75) is 84.2 Å². The van der Waals surface area contributed by atoms with Gasteiger partial charge >= 0.3 is 6.09 Å². The Morgan fingerprint density at radius 1 is 1.24 bits per heavy atom. The van der Waals surface area contributed by atoms with E-state index in [1.165, 1.54) is 0 Å². The van der Waals surface area contributed by atoms with Crippen molar-refractivity contribution in [2.24, 2.45) is 5.92 Å². The van der Waals surface area contributed by atoms with E-state index in [2.05, 4.69) is 45.3 Å². The number of hydrogen-bond donors (Lipinski definition) is 1. The first-order chi connectivity index (χ1) is 13.2. The van der Waals surface area contributed by atoms with Crippen molar-refractivity contribution >= 4 is 14.4 Å². The lowest BCUT2D eigenvalue weighted by Gasteiger charge is -2.36. The molecule has 0 bridgehead atoms. The van der Waals surface area contributed by atoms with Gasteiger partial charge in [0.1, 0.15) is 6.10 Å². The molecule has 0 saturated heterocycles. The Labute approximate surface area is 176 Å². The van der Waals surface area contributed by atoms with Crippen LogP contribution in [0.3, 0.4) is 0 Å². The minimum Gasteiger partial charge on any atom is -0.441 e. The average Bonchev–Trinajstić information content (AvgIpc) is 2.89. The lowest BCUT2D eigenvalue weighted by Crippen LogP contribution is -2.42. The number of alkyl carbamates (subject to hydrolysis) is 1. The molecule has 1 N–H and O–H groups in total. The maximum atomic E-state index is 12.5. The van der Waals surface area contributed by atoms with Crippen LogP contribution in [0.5, 0.6) is 0 Å². The lowest BCUT2D eigenvalue weighted by molar-refractivity contribution is 0.0565. The topological polar surface area (TPSA) is 71.3 Å². The number of ether oxygens (including phenoxy) is 1. The Balaban J connectivity index is 2.17. The second kappa shape index (κ2) is 8.49. The maximum Gasteiger partial charge on any atom is 0.408 e. The molecule has 0 spiro atoms. The van der Waals surface area contributed by atoms with E-state index in [0.717, 1.165) is 24.0 Å². The highest BCUT2D eigenvalue weighted by Gasteiger charge is 2.40. The second-order valence-corrected chi connectivity index (χ2v) is 15.4. The van der Waals surface area contributed by atoms with E-state index in [0.29, 0.717) is 12.2 Å². The molecule has 0 saturated carbocycles. The van der Waals surface area contributed by atoms with E-state index < -0.39 is 14.4 Å². The molecule has 2 rings (SSSR count). The van der Waals surface area contributed by atoms with Crippen molar-refractivity contribution in [1.82, 2.24) is 5.32 Å². The molecule has 1 aliphatic carbocycles. The van der Waals surface area contributed by atoms with Crippen molar-refractivity contribution in [3.05, 3.63) is 34.9 Å². The largest absolute Gasteiger partial charge is 0.441 e. The summed E-state index contributed by atoms with van der Waals surface area (Å²) in [6, 6.07) is 7.95. The highest BCUT2D eigenvalue weighted by molar-refractivity contribution is 6.74. The molecule has 1 amide bonds. The van der Waals surface area contributed by atoms with Crippen LogP contribution in [0.1, 0.15) is 70.8 Å². The molecule has 0 aliphatic heterocycles. The first kappa shape index (κ1) is 23.4. The average molecular weight is 417 g/mol. The molecule has 5 nitrogen and oxygen atoms in total. The fourth-order valence-corrected chi connectivity index (χ4v) is 4.43. The third-order valence-corrected chi connectivity index (χ3v) is 10.5. The summed E-state index contributed by atoms with van der Waals surface area (Å²) in [5.74, 6) is 0.106. The number of hydrogen-bond acceptors (Lipinski definition) is 4. The number of carbonyl (C=O) groups excluding carboxylic acids is 1. The fraction of sp³-hybridized carbons (Fsp3) is 0.652. The number of benzene rings is 1. The molecule has 1 aromatic carbocycles. The molecule has 0 fully saturated rings. The maximum absolute atomic E-state index is 12.5. The standard InChI is InChI=1S/C23H36N2O3Si/c1-22(2,3)25-21(26)28-20-16(12-13-27-29(7,8)23(4,5)6)14-19-17(15-24)10-9-11-18(19)20/h9-11,16,20H,12-14H2,1-8H3,(H,25,26)/t16?,20-/m1/s1. The number of nitriles is 1. The van der Waals surface area contributed by atoms with Crippen molar-refractivity contribution in [2.75, 3.05) is 6.61 Å². The van der Waals surface area contributed by atoms with Crippen molar-refractivity contribution in [3.63, 3.8) is 0 Å². The van der Waals surface area contributed by atoms with Gasteiger partial charge in [-0.25, -0.2) is 4.79 Å². The Morgan fingerprint density at radius 2 is 1.90 bits per heavy atom. The van der Waals surface area contributed by atoms with Crippen LogP contribution < -0.4 is 5.32 Å². The van der Waals surface area contributed by atoms with E-state index >= 15 is 0 Å². The SMILES string of the molecule is CC(C)(C)NC(=O)O[C@H]1c2cccc(C#N)c2CC1CCO[Si](C)(C)C(C)(C)C. The summed E-state index contributed by atoms with van der Waals surface area (Å²) in [6.45, 7) is 17.6. The molecular weight excluding hydrogens is 380 g/mol. The van der Waals surface area contributed by atoms with Gasteiger partial charge in [0.2, 0.25) is 0 Å².